The van der Waals surface area contributed by atoms with Gasteiger partial charge in [0, 0.05) is 17.9 Å². The normalized spacial score (nSPS) is 17.3. The van der Waals surface area contributed by atoms with E-state index in [9.17, 15) is 4.79 Å². The zero-order chi connectivity index (χ0) is 17.5. The molecule has 130 valence electrons. The van der Waals surface area contributed by atoms with Crippen LogP contribution in [0.4, 0.5) is 5.69 Å². The molecule has 2 aromatic rings. The Hall–Kier alpha value is -2.66. The van der Waals surface area contributed by atoms with Crippen molar-refractivity contribution >= 4 is 17.6 Å². The number of aliphatic imine (C=N–C) groups is 1. The number of benzene rings is 2. The number of anilines is 1. The molecule has 0 unspecified atom stereocenters. The van der Waals surface area contributed by atoms with Gasteiger partial charge < -0.3 is 10.1 Å². The van der Waals surface area contributed by atoms with Gasteiger partial charge in [-0.1, -0.05) is 35.9 Å². The second-order valence-corrected chi connectivity index (χ2v) is 6.14. The second kappa shape index (κ2) is 8.44. The van der Waals surface area contributed by atoms with Gasteiger partial charge in [0.15, 0.2) is 0 Å². The first-order valence-corrected chi connectivity index (χ1v) is 8.57. The van der Waals surface area contributed by atoms with Crippen LogP contribution in [0.25, 0.3) is 0 Å². The molecule has 2 aromatic carbocycles. The molecule has 1 atom stereocenters. The Bertz CT molecular complexity index is 720. The summed E-state index contributed by atoms with van der Waals surface area (Å²) in [5.74, 6) is 0.250. The summed E-state index contributed by atoms with van der Waals surface area (Å²) in [6.45, 7) is 3.36. The van der Waals surface area contributed by atoms with Gasteiger partial charge in [-0.05, 0) is 44.0 Å². The molecule has 1 aliphatic rings. The monoisotopic (exact) mass is 337 g/mol. The lowest BCUT2D eigenvalue weighted by Crippen LogP contribution is -2.36. The van der Waals surface area contributed by atoms with Gasteiger partial charge in [0.1, 0.15) is 0 Å². The third kappa shape index (κ3) is 5.16. The highest BCUT2D eigenvalue weighted by Crippen LogP contribution is 2.13. The summed E-state index contributed by atoms with van der Waals surface area (Å²) < 4.78 is 5.61. The highest BCUT2D eigenvalue weighted by molar-refractivity contribution is 6.09. The Kier molecular flexibility index (Phi) is 5.80. The van der Waals surface area contributed by atoms with Crippen LogP contribution >= 0.6 is 0 Å². The number of hydrogen-bond donors (Lipinski definition) is 2. The first kappa shape index (κ1) is 17.2. The molecule has 0 saturated carbocycles. The predicted octanol–water partition coefficient (Wildman–Crippen LogP) is 3.37. The molecule has 1 heterocycles. The molecule has 0 aliphatic carbocycles. The summed E-state index contributed by atoms with van der Waals surface area (Å²) in [6, 6.07) is 17.1. The maximum Gasteiger partial charge on any atom is 0.257 e. The van der Waals surface area contributed by atoms with Crippen LogP contribution in [-0.2, 0) is 4.74 Å². The standard InChI is InChI=1S/C20H23N3O2/c1-15-9-11-17(12-10-15)22-20(21-14-18-8-5-13-25-18)23-19(24)16-6-3-2-4-7-16/h2-4,6-7,9-12,18H,5,8,13-14H2,1H3,(H2,21,22,23,24)/t18-/m0/s1. The van der Waals surface area contributed by atoms with E-state index in [1.807, 2.05) is 49.4 Å². The third-order valence-corrected chi connectivity index (χ3v) is 4.06. The molecule has 1 fully saturated rings. The predicted molar refractivity (Wildman–Crippen MR) is 100.0 cm³/mol. The van der Waals surface area contributed by atoms with E-state index in [2.05, 4.69) is 15.6 Å². The molecule has 0 aromatic heterocycles. The Morgan fingerprint density at radius 2 is 1.92 bits per heavy atom. The van der Waals surface area contributed by atoms with Gasteiger partial charge in [0.2, 0.25) is 5.96 Å². The average molecular weight is 337 g/mol. The van der Waals surface area contributed by atoms with Gasteiger partial charge in [-0.15, -0.1) is 0 Å². The molecule has 5 nitrogen and oxygen atoms in total. The summed E-state index contributed by atoms with van der Waals surface area (Å²) in [5.41, 5.74) is 2.65. The number of nitrogens with zero attached hydrogens (tertiary/aromatic N) is 1. The topological polar surface area (TPSA) is 62.7 Å². The lowest BCUT2D eigenvalue weighted by atomic mass is 10.2. The molecular formula is C20H23N3O2. The minimum Gasteiger partial charge on any atom is -0.376 e. The van der Waals surface area contributed by atoms with E-state index in [0.717, 1.165) is 25.1 Å². The number of hydrogen-bond acceptors (Lipinski definition) is 3. The molecule has 5 heteroatoms. The van der Waals surface area contributed by atoms with Crippen LogP contribution in [0.5, 0.6) is 0 Å². The van der Waals surface area contributed by atoms with Gasteiger partial charge in [0.25, 0.3) is 5.91 Å². The lowest BCUT2D eigenvalue weighted by molar-refractivity contribution is 0.0975. The van der Waals surface area contributed by atoms with E-state index in [0.29, 0.717) is 18.1 Å². The summed E-state index contributed by atoms with van der Waals surface area (Å²) in [6.07, 6.45) is 2.20. The van der Waals surface area contributed by atoms with Gasteiger partial charge in [-0.3, -0.25) is 10.1 Å². The van der Waals surface area contributed by atoms with Gasteiger partial charge in [-0.25, -0.2) is 4.99 Å². The number of nitrogens with one attached hydrogen (secondary N) is 2. The Labute approximate surface area is 148 Å². The number of aryl methyl sites for hydroxylation is 1. The van der Waals surface area contributed by atoms with Crippen LogP contribution in [0.2, 0.25) is 0 Å². The highest BCUT2D eigenvalue weighted by Gasteiger charge is 2.16. The number of carbonyl (C=O) groups is 1. The van der Waals surface area contributed by atoms with E-state index in [1.165, 1.54) is 5.56 Å². The summed E-state index contributed by atoms with van der Waals surface area (Å²) in [7, 11) is 0. The van der Waals surface area contributed by atoms with Crippen molar-refractivity contribution in [2.45, 2.75) is 25.9 Å². The number of rotatable bonds is 4. The number of guanidine groups is 1. The smallest absolute Gasteiger partial charge is 0.257 e. The lowest BCUT2D eigenvalue weighted by Gasteiger charge is -2.13. The summed E-state index contributed by atoms with van der Waals surface area (Å²) in [5, 5.41) is 6.06. The molecular weight excluding hydrogens is 314 g/mol. The largest absolute Gasteiger partial charge is 0.376 e. The molecule has 0 radical (unpaired) electrons. The Balaban J connectivity index is 1.71. The zero-order valence-electron chi connectivity index (χ0n) is 14.4. The number of amides is 1. The maximum atomic E-state index is 12.4. The van der Waals surface area contributed by atoms with Crippen molar-refractivity contribution in [3.8, 4) is 0 Å². The summed E-state index contributed by atoms with van der Waals surface area (Å²) in [4.78, 5) is 17.0. The fraction of sp³-hybridized carbons (Fsp3) is 0.300. The van der Waals surface area contributed by atoms with Crippen molar-refractivity contribution in [2.24, 2.45) is 4.99 Å². The third-order valence-electron chi connectivity index (χ3n) is 4.06. The van der Waals surface area contributed by atoms with Crippen molar-refractivity contribution in [2.75, 3.05) is 18.5 Å². The van der Waals surface area contributed by atoms with E-state index in [4.69, 9.17) is 4.74 Å². The number of ether oxygens (including phenoxy) is 1. The first-order valence-electron chi connectivity index (χ1n) is 8.57. The Morgan fingerprint density at radius 3 is 2.60 bits per heavy atom. The van der Waals surface area contributed by atoms with Crippen molar-refractivity contribution in [3.05, 3.63) is 65.7 Å². The minimum absolute atomic E-state index is 0.128. The highest BCUT2D eigenvalue weighted by atomic mass is 16.5. The van der Waals surface area contributed by atoms with Crippen molar-refractivity contribution in [1.82, 2.24) is 5.32 Å². The van der Waals surface area contributed by atoms with Crippen LogP contribution in [0.3, 0.4) is 0 Å². The summed E-state index contributed by atoms with van der Waals surface area (Å²) >= 11 is 0. The van der Waals surface area contributed by atoms with Crippen molar-refractivity contribution in [3.63, 3.8) is 0 Å². The molecule has 2 N–H and O–H groups in total. The zero-order valence-corrected chi connectivity index (χ0v) is 14.4. The van der Waals surface area contributed by atoms with Gasteiger partial charge in [-0.2, -0.15) is 0 Å². The SMILES string of the molecule is Cc1ccc(NC(=NC[C@@H]2CCCO2)NC(=O)c2ccccc2)cc1. The molecule has 1 aliphatic heterocycles. The fourth-order valence-corrected chi connectivity index (χ4v) is 2.63. The van der Waals surface area contributed by atoms with Crippen LogP contribution in [0.1, 0.15) is 28.8 Å². The van der Waals surface area contributed by atoms with Gasteiger partial charge >= 0.3 is 0 Å². The van der Waals surface area contributed by atoms with Crippen molar-refractivity contribution < 1.29 is 9.53 Å². The van der Waals surface area contributed by atoms with Crippen molar-refractivity contribution in [1.29, 1.82) is 0 Å². The van der Waals surface area contributed by atoms with Crippen LogP contribution in [-0.4, -0.2) is 31.1 Å². The van der Waals surface area contributed by atoms with E-state index in [1.54, 1.807) is 12.1 Å². The average Bonchev–Trinajstić information content (AvgIpc) is 3.16. The second-order valence-electron chi connectivity index (χ2n) is 6.14. The fourth-order valence-electron chi connectivity index (χ4n) is 2.63. The Morgan fingerprint density at radius 1 is 1.16 bits per heavy atom. The van der Waals surface area contributed by atoms with Crippen LogP contribution in [0, 0.1) is 6.92 Å². The molecule has 0 spiro atoms. The van der Waals surface area contributed by atoms with E-state index >= 15 is 0 Å². The van der Waals surface area contributed by atoms with E-state index in [-0.39, 0.29) is 12.0 Å². The molecule has 0 bridgehead atoms. The van der Waals surface area contributed by atoms with E-state index < -0.39 is 0 Å². The molecule has 25 heavy (non-hydrogen) atoms. The molecule has 1 amide bonds. The molecule has 1 saturated heterocycles. The quantitative estimate of drug-likeness (QED) is 0.664. The number of carbonyl (C=O) groups excluding carboxylic acids is 1. The first-order chi connectivity index (χ1) is 12.2. The van der Waals surface area contributed by atoms with Crippen LogP contribution in [0.15, 0.2) is 59.6 Å². The van der Waals surface area contributed by atoms with Crippen LogP contribution < -0.4 is 10.6 Å². The minimum atomic E-state index is -0.189. The maximum absolute atomic E-state index is 12.4. The van der Waals surface area contributed by atoms with Gasteiger partial charge in [0.05, 0.1) is 12.6 Å². The molecule has 3 rings (SSSR count).